The Morgan fingerprint density at radius 2 is 1.93 bits per heavy atom. The largest absolute Gasteiger partial charge is 0.496 e. The average Bonchev–Trinajstić information content (AvgIpc) is 3.01. The van der Waals surface area contributed by atoms with Crippen molar-refractivity contribution in [3.63, 3.8) is 0 Å². The molecule has 7 nitrogen and oxygen atoms in total. The number of ether oxygens (including phenoxy) is 2. The number of rotatable bonds is 10. The Labute approximate surface area is 167 Å². The van der Waals surface area contributed by atoms with Crippen molar-refractivity contribution < 1.29 is 14.4 Å². The molecule has 2 rings (SSSR count). The highest BCUT2D eigenvalue weighted by Gasteiger charge is 2.22. The van der Waals surface area contributed by atoms with Crippen LogP contribution in [0.5, 0.6) is 5.75 Å². The summed E-state index contributed by atoms with van der Waals surface area (Å²) in [6, 6.07) is 5.84. The molecule has 1 aromatic carbocycles. The van der Waals surface area contributed by atoms with Crippen molar-refractivity contribution in [3.8, 4) is 16.9 Å². The van der Waals surface area contributed by atoms with Crippen LogP contribution < -0.4 is 4.74 Å². The van der Waals surface area contributed by atoms with Gasteiger partial charge in [-0.1, -0.05) is 33.5 Å². The first-order chi connectivity index (χ1) is 13.2. The minimum Gasteiger partial charge on any atom is -0.496 e. The highest BCUT2D eigenvalue weighted by Crippen LogP contribution is 2.37. The van der Waals surface area contributed by atoms with E-state index in [2.05, 4.69) is 33.5 Å². The van der Waals surface area contributed by atoms with E-state index < -0.39 is 13.0 Å². The molecule has 0 spiro atoms. The smallest absolute Gasteiger partial charge is 0.273 e. The number of hydrogen-bond acceptors (Lipinski definition) is 5. The number of nitrogens with zero attached hydrogens (tertiary/aromatic N) is 3. The lowest BCUT2D eigenvalue weighted by molar-refractivity contribution is -0.384. The number of benzene rings is 1. The summed E-state index contributed by atoms with van der Waals surface area (Å²) in [5.41, 5.74) is 3.83. The van der Waals surface area contributed by atoms with Gasteiger partial charge in [0.15, 0.2) is 0 Å². The summed E-state index contributed by atoms with van der Waals surface area (Å²) in [6.07, 6.45) is 1.53. The third-order valence-corrected chi connectivity index (χ3v) is 6.38. The van der Waals surface area contributed by atoms with E-state index in [0.717, 1.165) is 48.0 Å². The summed E-state index contributed by atoms with van der Waals surface area (Å²) in [7, 11) is 0.396. The molecular weight excluding hydrogens is 374 g/mol. The van der Waals surface area contributed by atoms with Crippen molar-refractivity contribution in [2.75, 3.05) is 13.7 Å². The summed E-state index contributed by atoms with van der Waals surface area (Å²) >= 11 is 0. The van der Waals surface area contributed by atoms with Crippen LogP contribution in [0.1, 0.15) is 25.2 Å². The Bertz CT molecular complexity index is 828. The van der Waals surface area contributed by atoms with Gasteiger partial charge in [0, 0.05) is 37.6 Å². The molecule has 0 radical (unpaired) electrons. The Kier molecular flexibility index (Phi) is 7.37. The first-order valence-corrected chi connectivity index (χ1v) is 13.4. The first kappa shape index (κ1) is 22.1. The van der Waals surface area contributed by atoms with E-state index in [1.54, 1.807) is 6.07 Å². The minimum atomic E-state index is -1.14. The van der Waals surface area contributed by atoms with E-state index in [1.165, 1.54) is 19.2 Å². The lowest BCUT2D eigenvalue weighted by Crippen LogP contribution is -2.22. The minimum absolute atomic E-state index is 0.0127. The maximum Gasteiger partial charge on any atom is 0.273 e. The van der Waals surface area contributed by atoms with Gasteiger partial charge in [-0.25, -0.2) is 4.68 Å². The molecule has 0 saturated carbocycles. The number of aromatic nitrogens is 2. The molecule has 0 aliphatic heterocycles. The molecule has 1 heterocycles. The van der Waals surface area contributed by atoms with Gasteiger partial charge in [0.05, 0.1) is 23.8 Å². The third kappa shape index (κ3) is 5.20. The van der Waals surface area contributed by atoms with Crippen LogP contribution in [0.2, 0.25) is 25.7 Å². The van der Waals surface area contributed by atoms with Crippen LogP contribution in [0, 0.1) is 10.1 Å². The summed E-state index contributed by atoms with van der Waals surface area (Å²) in [6.45, 7) is 12.3. The second-order valence-electron chi connectivity index (χ2n) is 7.96. The van der Waals surface area contributed by atoms with Gasteiger partial charge >= 0.3 is 0 Å². The number of non-ortho nitro benzene ring substituents is 1. The molecule has 0 amide bonds. The van der Waals surface area contributed by atoms with E-state index in [0.29, 0.717) is 12.5 Å². The molecule has 0 unspecified atom stereocenters. The molecule has 0 N–H and O–H groups in total. The molecule has 154 valence electrons. The molecule has 2 aromatic rings. The molecule has 0 fully saturated rings. The quantitative estimate of drug-likeness (QED) is 0.243. The summed E-state index contributed by atoms with van der Waals surface area (Å²) in [4.78, 5) is 10.7. The molecule has 1 aromatic heterocycles. The summed E-state index contributed by atoms with van der Waals surface area (Å²) in [5.74, 6) is 0.484. The van der Waals surface area contributed by atoms with Crippen molar-refractivity contribution in [2.45, 2.75) is 59.1 Å². The molecule has 0 bridgehead atoms. The third-order valence-electron chi connectivity index (χ3n) is 4.68. The SMILES string of the molecule is CCc1nn(COCC[Si](C)(C)C)c(CC)c1-c1ccc([N+](=O)[O-])cc1OC. The van der Waals surface area contributed by atoms with Gasteiger partial charge in [0.2, 0.25) is 0 Å². The zero-order valence-electron chi connectivity index (χ0n) is 17.7. The summed E-state index contributed by atoms with van der Waals surface area (Å²) < 4.78 is 13.3. The van der Waals surface area contributed by atoms with Gasteiger partial charge in [-0.15, -0.1) is 0 Å². The fraction of sp³-hybridized carbons (Fsp3) is 0.550. The molecule has 0 aliphatic carbocycles. The van der Waals surface area contributed by atoms with Crippen molar-refractivity contribution in [2.24, 2.45) is 0 Å². The topological polar surface area (TPSA) is 79.4 Å². The van der Waals surface area contributed by atoms with E-state index in [-0.39, 0.29) is 5.69 Å². The monoisotopic (exact) mass is 405 g/mol. The van der Waals surface area contributed by atoms with Gasteiger partial charge < -0.3 is 9.47 Å². The molecule has 0 atom stereocenters. The van der Waals surface area contributed by atoms with Crippen LogP contribution in [0.4, 0.5) is 5.69 Å². The van der Waals surface area contributed by atoms with Gasteiger partial charge in [-0.05, 0) is 25.0 Å². The Balaban J connectivity index is 2.39. The van der Waals surface area contributed by atoms with E-state index >= 15 is 0 Å². The lowest BCUT2D eigenvalue weighted by atomic mass is 9.99. The van der Waals surface area contributed by atoms with Crippen molar-refractivity contribution in [1.82, 2.24) is 9.78 Å². The van der Waals surface area contributed by atoms with Gasteiger partial charge in [-0.2, -0.15) is 5.10 Å². The van der Waals surface area contributed by atoms with E-state index in [9.17, 15) is 10.1 Å². The number of aryl methyl sites for hydroxylation is 1. The lowest BCUT2D eigenvalue weighted by Gasteiger charge is -2.16. The Hall–Kier alpha value is -2.19. The Morgan fingerprint density at radius 3 is 2.46 bits per heavy atom. The highest BCUT2D eigenvalue weighted by atomic mass is 28.3. The summed E-state index contributed by atoms with van der Waals surface area (Å²) in [5, 5.41) is 15.9. The maximum atomic E-state index is 11.1. The van der Waals surface area contributed by atoms with Crippen LogP contribution in [0.25, 0.3) is 11.1 Å². The molecule has 28 heavy (non-hydrogen) atoms. The van der Waals surface area contributed by atoms with Gasteiger partial charge in [-0.3, -0.25) is 10.1 Å². The predicted octanol–water partition coefficient (Wildman–Crippen LogP) is 4.90. The van der Waals surface area contributed by atoms with E-state index in [1.807, 2.05) is 4.68 Å². The fourth-order valence-corrected chi connectivity index (χ4v) is 3.86. The standard InChI is InChI=1S/C20H31N3O4Si/c1-7-17-20(16-10-9-15(23(24)25)13-19(16)26-3)18(8-2)22(21-17)14-27-11-12-28(4,5)6/h9-10,13H,7-8,11-12,14H2,1-6H3. The number of nitro groups is 1. The predicted molar refractivity (Wildman–Crippen MR) is 114 cm³/mol. The fourth-order valence-electron chi connectivity index (χ4n) is 3.11. The van der Waals surface area contributed by atoms with Crippen LogP contribution in [-0.4, -0.2) is 36.5 Å². The normalized spacial score (nSPS) is 11.6. The molecule has 8 heteroatoms. The van der Waals surface area contributed by atoms with Crippen molar-refractivity contribution in [1.29, 1.82) is 0 Å². The maximum absolute atomic E-state index is 11.1. The van der Waals surface area contributed by atoms with Crippen LogP contribution in [0.3, 0.4) is 0 Å². The number of methoxy groups -OCH3 is 1. The first-order valence-electron chi connectivity index (χ1n) is 9.70. The van der Waals surface area contributed by atoms with Crippen LogP contribution >= 0.6 is 0 Å². The van der Waals surface area contributed by atoms with Gasteiger partial charge in [0.25, 0.3) is 5.69 Å². The second kappa shape index (κ2) is 9.34. The number of hydrogen-bond donors (Lipinski definition) is 0. The highest BCUT2D eigenvalue weighted by molar-refractivity contribution is 6.76. The zero-order valence-corrected chi connectivity index (χ0v) is 18.7. The Morgan fingerprint density at radius 1 is 1.21 bits per heavy atom. The van der Waals surface area contributed by atoms with Crippen LogP contribution in [-0.2, 0) is 24.3 Å². The van der Waals surface area contributed by atoms with E-state index in [4.69, 9.17) is 14.6 Å². The van der Waals surface area contributed by atoms with Crippen molar-refractivity contribution >= 4 is 13.8 Å². The molecular formula is C20H31N3O4Si. The average molecular weight is 406 g/mol. The zero-order chi connectivity index (χ0) is 20.9. The van der Waals surface area contributed by atoms with Crippen LogP contribution in [0.15, 0.2) is 18.2 Å². The number of nitro benzene ring substituents is 1. The second-order valence-corrected chi connectivity index (χ2v) is 13.6. The molecule has 0 aliphatic rings. The van der Waals surface area contributed by atoms with Crippen molar-refractivity contribution in [3.05, 3.63) is 39.7 Å². The molecule has 0 saturated heterocycles. The van der Waals surface area contributed by atoms with Gasteiger partial charge in [0.1, 0.15) is 12.5 Å².